The Kier molecular flexibility index (Phi) is 6.30. The van der Waals surface area contributed by atoms with Crippen LogP contribution in [0.3, 0.4) is 0 Å². The van der Waals surface area contributed by atoms with Crippen molar-refractivity contribution in [2.45, 2.75) is 32.4 Å². The standard InChI is InChI=1S/C22H24ClN5O2/c1-2-19(28-12-6-7-13-28)25-22-27-26-21(30-22)17-11-10-16(14-18(17)23)24-20(29)15-8-4-3-5-9-15/h3-5,8-11,14,19H,2,6-7,12-13H2,1H3,(H,24,29)(H,25,27). The van der Waals surface area contributed by atoms with Crippen LogP contribution in [0.25, 0.3) is 11.5 Å². The first-order valence-corrected chi connectivity index (χ1v) is 10.5. The third kappa shape index (κ3) is 4.63. The van der Waals surface area contributed by atoms with Crippen molar-refractivity contribution in [1.29, 1.82) is 0 Å². The van der Waals surface area contributed by atoms with Gasteiger partial charge < -0.3 is 15.1 Å². The molecular formula is C22H24ClN5O2. The molecule has 2 heterocycles. The van der Waals surface area contributed by atoms with Crippen LogP contribution >= 0.6 is 11.6 Å². The van der Waals surface area contributed by atoms with Crippen molar-refractivity contribution >= 4 is 29.2 Å². The van der Waals surface area contributed by atoms with Crippen LogP contribution in [0, 0.1) is 0 Å². The van der Waals surface area contributed by atoms with Crippen LogP contribution in [-0.2, 0) is 0 Å². The lowest BCUT2D eigenvalue weighted by Crippen LogP contribution is -2.38. The Bertz CT molecular complexity index is 1000. The Hall–Kier alpha value is -2.90. The van der Waals surface area contributed by atoms with Gasteiger partial charge in [0.05, 0.1) is 16.8 Å². The van der Waals surface area contributed by atoms with Crippen LogP contribution in [0.5, 0.6) is 0 Å². The van der Waals surface area contributed by atoms with E-state index in [0.717, 1.165) is 19.5 Å². The lowest BCUT2D eigenvalue weighted by atomic mass is 10.2. The Morgan fingerprint density at radius 3 is 2.63 bits per heavy atom. The third-order valence-corrected chi connectivity index (χ3v) is 5.49. The van der Waals surface area contributed by atoms with E-state index in [1.807, 2.05) is 18.2 Å². The van der Waals surface area contributed by atoms with Gasteiger partial charge in [-0.2, -0.15) is 0 Å². The van der Waals surface area contributed by atoms with E-state index in [0.29, 0.717) is 33.7 Å². The van der Waals surface area contributed by atoms with Crippen LogP contribution in [-0.4, -0.2) is 40.3 Å². The van der Waals surface area contributed by atoms with E-state index in [9.17, 15) is 4.79 Å². The number of carbonyl (C=O) groups excluding carboxylic acids is 1. The molecule has 1 atom stereocenters. The van der Waals surface area contributed by atoms with Crippen LogP contribution < -0.4 is 10.6 Å². The van der Waals surface area contributed by atoms with Crippen molar-refractivity contribution in [3.05, 3.63) is 59.1 Å². The predicted octanol–water partition coefficient (Wildman–Crippen LogP) is 4.89. The highest BCUT2D eigenvalue weighted by molar-refractivity contribution is 6.33. The van der Waals surface area contributed by atoms with Gasteiger partial charge in [0.1, 0.15) is 0 Å². The number of halogens is 1. The molecule has 1 aliphatic rings. The number of aromatic nitrogens is 2. The van der Waals surface area contributed by atoms with Gasteiger partial charge in [0, 0.05) is 24.3 Å². The molecule has 1 aliphatic heterocycles. The van der Waals surface area contributed by atoms with E-state index in [4.69, 9.17) is 16.0 Å². The van der Waals surface area contributed by atoms with Gasteiger partial charge in [-0.3, -0.25) is 9.69 Å². The first-order valence-electron chi connectivity index (χ1n) is 10.1. The van der Waals surface area contributed by atoms with E-state index in [1.54, 1.807) is 30.3 Å². The molecule has 1 saturated heterocycles. The van der Waals surface area contributed by atoms with Gasteiger partial charge in [0.15, 0.2) is 0 Å². The molecule has 156 valence electrons. The molecule has 30 heavy (non-hydrogen) atoms. The van der Waals surface area contributed by atoms with Crippen LogP contribution in [0.15, 0.2) is 52.9 Å². The lowest BCUT2D eigenvalue weighted by Gasteiger charge is -2.26. The fourth-order valence-electron chi connectivity index (χ4n) is 3.60. The maximum atomic E-state index is 12.3. The molecule has 7 nitrogen and oxygen atoms in total. The molecule has 1 unspecified atom stereocenters. The van der Waals surface area contributed by atoms with Crippen molar-refractivity contribution < 1.29 is 9.21 Å². The van der Waals surface area contributed by atoms with Gasteiger partial charge in [-0.25, -0.2) is 0 Å². The van der Waals surface area contributed by atoms with Gasteiger partial charge >= 0.3 is 6.01 Å². The summed E-state index contributed by atoms with van der Waals surface area (Å²) in [6, 6.07) is 14.6. The maximum absolute atomic E-state index is 12.3. The summed E-state index contributed by atoms with van der Waals surface area (Å²) in [4.78, 5) is 14.7. The molecule has 1 fully saturated rings. The third-order valence-electron chi connectivity index (χ3n) is 5.18. The highest BCUT2D eigenvalue weighted by atomic mass is 35.5. The zero-order valence-electron chi connectivity index (χ0n) is 16.8. The fraction of sp³-hybridized carbons (Fsp3) is 0.318. The minimum atomic E-state index is -0.198. The number of amides is 1. The van der Waals surface area contributed by atoms with Gasteiger partial charge in [0.25, 0.3) is 11.8 Å². The lowest BCUT2D eigenvalue weighted by molar-refractivity contribution is 0.102. The fourth-order valence-corrected chi connectivity index (χ4v) is 3.86. The number of hydrogen-bond acceptors (Lipinski definition) is 6. The zero-order valence-corrected chi connectivity index (χ0v) is 17.5. The van der Waals surface area contributed by atoms with Crippen molar-refractivity contribution in [2.24, 2.45) is 0 Å². The van der Waals surface area contributed by atoms with E-state index in [1.165, 1.54) is 12.8 Å². The van der Waals surface area contributed by atoms with E-state index in [-0.39, 0.29) is 12.1 Å². The van der Waals surface area contributed by atoms with Gasteiger partial charge in [-0.05, 0) is 49.6 Å². The number of carbonyl (C=O) groups is 1. The molecule has 0 radical (unpaired) electrons. The molecule has 2 aromatic carbocycles. The van der Waals surface area contributed by atoms with Crippen molar-refractivity contribution in [3.8, 4) is 11.5 Å². The SMILES string of the molecule is CCC(Nc1nnc(-c2ccc(NC(=O)c3ccccc3)cc2Cl)o1)N1CCCC1. The predicted molar refractivity (Wildman–Crippen MR) is 118 cm³/mol. The molecule has 1 aromatic heterocycles. The second kappa shape index (κ2) is 9.28. The normalized spacial score (nSPS) is 15.1. The molecule has 3 aromatic rings. The summed E-state index contributed by atoms with van der Waals surface area (Å²) < 4.78 is 5.80. The van der Waals surface area contributed by atoms with Gasteiger partial charge in [-0.1, -0.05) is 41.8 Å². The first kappa shape index (κ1) is 20.4. The van der Waals surface area contributed by atoms with Crippen molar-refractivity contribution in [2.75, 3.05) is 23.7 Å². The summed E-state index contributed by atoms with van der Waals surface area (Å²) >= 11 is 6.43. The Morgan fingerprint density at radius 1 is 1.17 bits per heavy atom. The number of rotatable bonds is 7. The van der Waals surface area contributed by atoms with Crippen LogP contribution in [0.1, 0.15) is 36.5 Å². The Labute approximate surface area is 180 Å². The molecule has 8 heteroatoms. The quantitative estimate of drug-likeness (QED) is 0.561. The molecule has 1 amide bonds. The Balaban J connectivity index is 1.45. The smallest absolute Gasteiger partial charge is 0.316 e. The second-order valence-corrected chi connectivity index (χ2v) is 7.65. The van der Waals surface area contributed by atoms with Gasteiger partial charge in [-0.15, -0.1) is 5.10 Å². The molecule has 4 rings (SSSR count). The number of benzene rings is 2. The number of nitrogens with zero attached hydrogens (tertiary/aromatic N) is 3. The van der Waals surface area contributed by atoms with E-state index in [2.05, 4.69) is 32.7 Å². The minimum Gasteiger partial charge on any atom is -0.403 e. The summed E-state index contributed by atoms with van der Waals surface area (Å²) in [6.07, 6.45) is 3.55. The summed E-state index contributed by atoms with van der Waals surface area (Å²) in [7, 11) is 0. The second-order valence-electron chi connectivity index (χ2n) is 7.24. The van der Waals surface area contributed by atoms with E-state index < -0.39 is 0 Å². The average Bonchev–Trinajstić information content (AvgIpc) is 3.45. The van der Waals surface area contributed by atoms with E-state index >= 15 is 0 Å². The topological polar surface area (TPSA) is 83.3 Å². The monoisotopic (exact) mass is 425 g/mol. The number of anilines is 2. The molecule has 0 bridgehead atoms. The summed E-state index contributed by atoms with van der Waals surface area (Å²) in [5.41, 5.74) is 1.79. The number of likely N-dealkylation sites (tertiary alicyclic amines) is 1. The maximum Gasteiger partial charge on any atom is 0.316 e. The van der Waals surface area contributed by atoms with Gasteiger partial charge in [0.2, 0.25) is 0 Å². The van der Waals surface area contributed by atoms with Crippen molar-refractivity contribution in [1.82, 2.24) is 15.1 Å². The largest absolute Gasteiger partial charge is 0.403 e. The summed E-state index contributed by atoms with van der Waals surface area (Å²) in [6.45, 7) is 4.29. The number of hydrogen-bond donors (Lipinski definition) is 2. The summed E-state index contributed by atoms with van der Waals surface area (Å²) in [5, 5.41) is 14.8. The van der Waals surface area contributed by atoms with Crippen LogP contribution in [0.4, 0.5) is 11.7 Å². The first-order chi connectivity index (χ1) is 14.6. The summed E-state index contributed by atoms with van der Waals surface area (Å²) in [5.74, 6) is 0.135. The van der Waals surface area contributed by atoms with Crippen LogP contribution in [0.2, 0.25) is 5.02 Å². The highest BCUT2D eigenvalue weighted by Crippen LogP contribution is 2.31. The minimum absolute atomic E-state index is 0.173. The molecule has 0 spiro atoms. The average molecular weight is 426 g/mol. The molecule has 0 aliphatic carbocycles. The molecule has 2 N–H and O–H groups in total. The molecule has 0 saturated carbocycles. The Morgan fingerprint density at radius 2 is 1.93 bits per heavy atom. The number of nitrogens with one attached hydrogen (secondary N) is 2. The highest BCUT2D eigenvalue weighted by Gasteiger charge is 2.22. The zero-order chi connectivity index (χ0) is 20.9. The molecular weight excluding hydrogens is 402 g/mol. The van der Waals surface area contributed by atoms with Crippen molar-refractivity contribution in [3.63, 3.8) is 0 Å².